The summed E-state index contributed by atoms with van der Waals surface area (Å²) in [6.45, 7) is 4.65. The Morgan fingerprint density at radius 1 is 0.467 bits per heavy atom. The van der Waals surface area contributed by atoms with E-state index in [-0.39, 0.29) is 19.1 Å². The van der Waals surface area contributed by atoms with Crippen LogP contribution in [0.25, 0.3) is 0 Å². The van der Waals surface area contributed by atoms with Gasteiger partial charge in [0.1, 0.15) is 13.2 Å². The van der Waals surface area contributed by atoms with Crippen LogP contribution in [-0.4, -0.2) is 73.4 Å². The molecule has 0 heterocycles. The number of carbonyl (C=O) groups excluding carboxylic acids is 1. The van der Waals surface area contributed by atoms with E-state index in [2.05, 4.69) is 153 Å². The van der Waals surface area contributed by atoms with Crippen LogP contribution in [0, 0.1) is 0 Å². The zero-order valence-electron chi connectivity index (χ0n) is 48.5. The summed E-state index contributed by atoms with van der Waals surface area (Å²) in [4.78, 5) is 23.3. The van der Waals surface area contributed by atoms with Crippen molar-refractivity contribution in [1.82, 2.24) is 5.32 Å². The highest BCUT2D eigenvalue weighted by Crippen LogP contribution is 2.43. The van der Waals surface area contributed by atoms with Crippen LogP contribution in [0.15, 0.2) is 146 Å². The van der Waals surface area contributed by atoms with E-state index < -0.39 is 20.0 Å². The molecule has 0 radical (unpaired) electrons. The van der Waals surface area contributed by atoms with Crippen molar-refractivity contribution in [1.29, 1.82) is 0 Å². The standard InChI is InChI=1S/C66H111N2O6P/c1-6-8-10-12-14-16-18-20-22-24-25-26-27-28-29-30-31-32-33-34-35-36-37-38-39-40-41-42-43-44-46-48-50-52-54-56-58-60-66(70)67-64(63-74-75(71,72)73-62-61-68(3,4)5)65(69)59-57-55-53-51-49-47-45-23-21-19-17-15-13-11-9-7-2/h8,10,14,16,20,22,25-26,28-29,31-32,34-35,37-38,40-41,43-44,49,51,57,59,64-65,69H,6-7,9,11-13,15,17-19,21,23-24,27,30,33,36,39,42,45-48,50,52-56,58,60-63H2,1-5H3,(H-,67,70,71,72)/p+1/b10-8-,16-14-,22-20-,26-25-,29-28-,32-31-,35-34-,38-37-,41-40-,44-43-,51-49+,59-57+. The van der Waals surface area contributed by atoms with Gasteiger partial charge in [-0.2, -0.15) is 0 Å². The lowest BCUT2D eigenvalue weighted by Crippen LogP contribution is -2.45. The van der Waals surface area contributed by atoms with E-state index >= 15 is 0 Å². The normalized spacial score (nSPS) is 14.9. The lowest BCUT2D eigenvalue weighted by atomic mass is 10.1. The van der Waals surface area contributed by atoms with Crippen molar-refractivity contribution in [3.8, 4) is 0 Å². The second kappa shape index (κ2) is 55.1. The van der Waals surface area contributed by atoms with Gasteiger partial charge in [0.25, 0.3) is 0 Å². The first kappa shape index (κ1) is 71.4. The Labute approximate surface area is 461 Å². The minimum atomic E-state index is -4.37. The maximum absolute atomic E-state index is 13.0. The summed E-state index contributed by atoms with van der Waals surface area (Å²) in [5.41, 5.74) is 0. The first-order valence-electron chi connectivity index (χ1n) is 29.7. The Balaban J connectivity index is 4.25. The second-order valence-corrected chi connectivity index (χ2v) is 22.1. The van der Waals surface area contributed by atoms with Crippen molar-refractivity contribution in [3.05, 3.63) is 146 Å². The molecule has 0 aromatic rings. The van der Waals surface area contributed by atoms with Crippen LogP contribution in [0.1, 0.15) is 213 Å². The smallest absolute Gasteiger partial charge is 0.387 e. The molecule has 9 heteroatoms. The Bertz CT molecular complexity index is 1720. The van der Waals surface area contributed by atoms with Crippen molar-refractivity contribution in [2.75, 3.05) is 40.9 Å². The predicted octanol–water partition coefficient (Wildman–Crippen LogP) is 18.5. The van der Waals surface area contributed by atoms with E-state index in [0.29, 0.717) is 17.4 Å². The van der Waals surface area contributed by atoms with Crippen LogP contribution < -0.4 is 5.32 Å². The summed E-state index contributed by atoms with van der Waals surface area (Å²) in [6, 6.07) is -0.882. The molecule has 0 aliphatic heterocycles. The summed E-state index contributed by atoms with van der Waals surface area (Å²) < 4.78 is 23.7. The van der Waals surface area contributed by atoms with Gasteiger partial charge in [0, 0.05) is 6.42 Å². The van der Waals surface area contributed by atoms with E-state index in [9.17, 15) is 19.4 Å². The molecule has 0 aromatic carbocycles. The number of phosphoric ester groups is 1. The van der Waals surface area contributed by atoms with Crippen LogP contribution in [0.5, 0.6) is 0 Å². The minimum Gasteiger partial charge on any atom is -0.387 e. The predicted molar refractivity (Wildman–Crippen MR) is 327 cm³/mol. The molecule has 0 aliphatic carbocycles. The third kappa shape index (κ3) is 57.9. The zero-order valence-corrected chi connectivity index (χ0v) is 49.4. The van der Waals surface area contributed by atoms with Gasteiger partial charge in [0.2, 0.25) is 5.91 Å². The van der Waals surface area contributed by atoms with Crippen molar-refractivity contribution in [2.45, 2.75) is 225 Å². The molecular formula is C66H112N2O6P+. The molecule has 8 nitrogen and oxygen atoms in total. The summed E-state index contributed by atoms with van der Waals surface area (Å²) in [7, 11) is 1.52. The molecule has 3 N–H and O–H groups in total. The van der Waals surface area contributed by atoms with Gasteiger partial charge in [-0.3, -0.25) is 13.8 Å². The quantitative estimate of drug-likeness (QED) is 0.0243. The van der Waals surface area contributed by atoms with Crippen LogP contribution >= 0.6 is 7.82 Å². The number of unbranched alkanes of at least 4 members (excludes halogenated alkanes) is 17. The number of aliphatic hydroxyl groups excluding tert-OH is 1. The van der Waals surface area contributed by atoms with Crippen molar-refractivity contribution in [3.63, 3.8) is 0 Å². The summed E-state index contributed by atoms with van der Waals surface area (Å²) in [6.07, 6.45) is 85.2. The first-order valence-corrected chi connectivity index (χ1v) is 31.2. The number of carbonyl (C=O) groups is 1. The summed E-state index contributed by atoms with van der Waals surface area (Å²) in [5.74, 6) is -0.208. The second-order valence-electron chi connectivity index (χ2n) is 20.6. The molecular weight excluding hydrogens is 948 g/mol. The molecule has 3 atom stereocenters. The maximum atomic E-state index is 13.0. The van der Waals surface area contributed by atoms with E-state index in [4.69, 9.17) is 9.05 Å². The molecule has 0 bridgehead atoms. The number of rotatable bonds is 52. The average Bonchev–Trinajstić information content (AvgIpc) is 3.37. The number of nitrogens with one attached hydrogen (secondary N) is 1. The number of phosphoric acid groups is 1. The first-order chi connectivity index (χ1) is 36.5. The highest BCUT2D eigenvalue weighted by atomic mass is 31.2. The van der Waals surface area contributed by atoms with Crippen LogP contribution in [0.4, 0.5) is 0 Å². The van der Waals surface area contributed by atoms with Gasteiger partial charge in [-0.05, 0) is 109 Å². The van der Waals surface area contributed by atoms with Gasteiger partial charge >= 0.3 is 7.82 Å². The molecule has 75 heavy (non-hydrogen) atoms. The van der Waals surface area contributed by atoms with Crippen LogP contribution in [0.2, 0.25) is 0 Å². The van der Waals surface area contributed by atoms with Crippen molar-refractivity contribution >= 4 is 13.7 Å². The van der Waals surface area contributed by atoms with Crippen molar-refractivity contribution < 1.29 is 32.9 Å². The summed E-state index contributed by atoms with van der Waals surface area (Å²) in [5, 5.41) is 13.9. The number of aliphatic hydroxyl groups is 1. The third-order valence-corrected chi connectivity index (χ3v) is 13.3. The van der Waals surface area contributed by atoms with E-state index in [1.165, 1.54) is 64.2 Å². The Hall–Kier alpha value is -3.62. The molecule has 1 amide bonds. The van der Waals surface area contributed by atoms with Gasteiger partial charge in [-0.25, -0.2) is 4.57 Å². The SMILES string of the molecule is CC/C=C\C/C=C\C/C=C\C/C=C\C/C=C\C/C=C\C/C=C\C/C=C\C/C=C\C/C=C\CCCCCCCCC(=O)NC(COP(=O)(O)OCC[N+](C)(C)C)C(O)/C=C/CC/C=C/CCCCCCCCCCCC. The number of likely N-dealkylation sites (N-methyl/N-ethyl adjacent to an activating group) is 1. The minimum absolute atomic E-state index is 0.0452. The largest absolute Gasteiger partial charge is 0.472 e. The number of hydrogen-bond donors (Lipinski definition) is 3. The maximum Gasteiger partial charge on any atom is 0.472 e. The van der Waals surface area contributed by atoms with Crippen LogP contribution in [0.3, 0.4) is 0 Å². The molecule has 0 spiro atoms. The van der Waals surface area contributed by atoms with Gasteiger partial charge in [-0.1, -0.05) is 243 Å². The fraction of sp³-hybridized carbons (Fsp3) is 0.621. The number of quaternary nitrogens is 1. The number of hydrogen-bond acceptors (Lipinski definition) is 5. The lowest BCUT2D eigenvalue weighted by molar-refractivity contribution is -0.870. The molecule has 0 rings (SSSR count). The van der Waals surface area contributed by atoms with Gasteiger partial charge in [-0.15, -0.1) is 0 Å². The lowest BCUT2D eigenvalue weighted by Gasteiger charge is -2.25. The molecule has 0 aromatic heterocycles. The fourth-order valence-electron chi connectivity index (χ4n) is 7.67. The molecule has 0 aliphatic rings. The molecule has 0 fully saturated rings. The number of allylic oxidation sites excluding steroid dienone is 23. The van der Waals surface area contributed by atoms with Crippen molar-refractivity contribution in [2.24, 2.45) is 0 Å². The topological polar surface area (TPSA) is 105 Å². The molecule has 426 valence electrons. The molecule has 0 saturated carbocycles. The van der Waals surface area contributed by atoms with E-state index in [1.807, 2.05) is 27.2 Å². The van der Waals surface area contributed by atoms with Gasteiger partial charge in [0.15, 0.2) is 0 Å². The Kier molecular flexibility index (Phi) is 52.5. The third-order valence-electron chi connectivity index (χ3n) is 12.3. The molecule has 3 unspecified atom stereocenters. The van der Waals surface area contributed by atoms with Crippen LogP contribution in [-0.2, 0) is 18.4 Å². The summed E-state index contributed by atoms with van der Waals surface area (Å²) >= 11 is 0. The molecule has 0 saturated heterocycles. The zero-order chi connectivity index (χ0) is 54.9. The highest BCUT2D eigenvalue weighted by molar-refractivity contribution is 7.47. The number of nitrogens with zero attached hydrogens (tertiary/aromatic N) is 1. The number of amides is 1. The van der Waals surface area contributed by atoms with E-state index in [0.717, 1.165) is 128 Å². The Morgan fingerprint density at radius 3 is 1.23 bits per heavy atom. The van der Waals surface area contributed by atoms with Gasteiger partial charge < -0.3 is 19.8 Å². The highest BCUT2D eigenvalue weighted by Gasteiger charge is 2.27. The Morgan fingerprint density at radius 2 is 0.813 bits per heavy atom. The van der Waals surface area contributed by atoms with E-state index in [1.54, 1.807) is 6.08 Å². The van der Waals surface area contributed by atoms with Gasteiger partial charge in [0.05, 0.1) is 39.9 Å². The monoisotopic (exact) mass is 1060 g/mol. The fourth-order valence-corrected chi connectivity index (χ4v) is 8.41. The average molecular weight is 1060 g/mol.